The van der Waals surface area contributed by atoms with E-state index in [0.717, 1.165) is 37.9 Å². The smallest absolute Gasteiger partial charge is 0.157 e. The molecule has 0 saturated heterocycles. The van der Waals surface area contributed by atoms with Gasteiger partial charge in [0.25, 0.3) is 0 Å². The van der Waals surface area contributed by atoms with Crippen LogP contribution in [0.2, 0.25) is 0 Å². The Hall–Kier alpha value is -1.23. The summed E-state index contributed by atoms with van der Waals surface area (Å²) in [6, 6.07) is 0. The van der Waals surface area contributed by atoms with Gasteiger partial charge in [0.05, 0.1) is 0 Å². The number of rotatable bonds is 5. The van der Waals surface area contributed by atoms with Crippen LogP contribution in [0.15, 0.2) is 11.8 Å². The predicted molar refractivity (Wildman–Crippen MR) is 53.0 cm³/mol. The number of terminal acetylenes is 1. The van der Waals surface area contributed by atoms with Crippen LogP contribution in [0.5, 0.6) is 0 Å². The highest BCUT2D eigenvalue weighted by molar-refractivity contribution is 5.92. The van der Waals surface area contributed by atoms with E-state index in [1.54, 1.807) is 6.08 Å². The molecule has 1 aliphatic rings. The molecule has 0 saturated carbocycles. The molecular formula is C11H15NO. The van der Waals surface area contributed by atoms with Gasteiger partial charge in [-0.2, -0.15) is 0 Å². The molecule has 1 N–H and O–H groups in total. The standard InChI is InChI=1S/C11H15NO/c1-2-3-4-5-8-12-10-6-7-11(13)9-10/h1,9,12H,3-8H2. The molecule has 0 aromatic carbocycles. The first-order valence-electron chi connectivity index (χ1n) is 4.73. The second-order valence-corrected chi connectivity index (χ2v) is 3.22. The monoisotopic (exact) mass is 177 g/mol. The van der Waals surface area contributed by atoms with Crippen LogP contribution in [-0.4, -0.2) is 12.3 Å². The third-order valence-electron chi connectivity index (χ3n) is 2.08. The highest BCUT2D eigenvalue weighted by Crippen LogP contribution is 2.11. The lowest BCUT2D eigenvalue weighted by atomic mass is 10.2. The fourth-order valence-electron chi connectivity index (χ4n) is 1.34. The fourth-order valence-corrected chi connectivity index (χ4v) is 1.34. The molecule has 0 unspecified atom stereocenters. The topological polar surface area (TPSA) is 29.1 Å². The molecule has 0 aromatic rings. The normalized spacial score (nSPS) is 15.3. The van der Waals surface area contributed by atoms with E-state index < -0.39 is 0 Å². The van der Waals surface area contributed by atoms with Crippen LogP contribution in [0.25, 0.3) is 0 Å². The van der Waals surface area contributed by atoms with Gasteiger partial charge in [-0.25, -0.2) is 0 Å². The van der Waals surface area contributed by atoms with Crippen LogP contribution in [0, 0.1) is 12.3 Å². The number of carbonyl (C=O) groups is 1. The molecule has 1 aliphatic carbocycles. The molecule has 0 fully saturated rings. The lowest BCUT2D eigenvalue weighted by molar-refractivity contribution is -0.114. The molecule has 13 heavy (non-hydrogen) atoms. The molecule has 2 heteroatoms. The molecule has 0 radical (unpaired) electrons. The Morgan fingerprint density at radius 2 is 2.31 bits per heavy atom. The first-order valence-corrected chi connectivity index (χ1v) is 4.73. The molecule has 0 amide bonds. The minimum absolute atomic E-state index is 0.242. The number of allylic oxidation sites excluding steroid dienone is 2. The SMILES string of the molecule is C#CCCCCNC1=CC(=O)CC1. The summed E-state index contributed by atoms with van der Waals surface area (Å²) in [6.07, 6.45) is 11.4. The summed E-state index contributed by atoms with van der Waals surface area (Å²) in [5.74, 6) is 2.85. The van der Waals surface area contributed by atoms with Gasteiger partial charge in [-0.1, -0.05) is 0 Å². The number of carbonyl (C=O) groups excluding carboxylic acids is 1. The lowest BCUT2D eigenvalue weighted by Crippen LogP contribution is -2.13. The van der Waals surface area contributed by atoms with Gasteiger partial charge in [-0.05, 0) is 19.3 Å². The largest absolute Gasteiger partial charge is 0.388 e. The number of hydrogen-bond donors (Lipinski definition) is 1. The van der Waals surface area contributed by atoms with E-state index in [1.807, 2.05) is 0 Å². The fraction of sp³-hybridized carbons (Fsp3) is 0.545. The molecule has 0 atom stereocenters. The van der Waals surface area contributed by atoms with E-state index in [-0.39, 0.29) is 5.78 Å². The molecule has 0 aromatic heterocycles. The van der Waals surface area contributed by atoms with Crippen LogP contribution in [0.1, 0.15) is 32.1 Å². The van der Waals surface area contributed by atoms with Crippen LogP contribution in [-0.2, 0) is 4.79 Å². The third kappa shape index (κ3) is 3.80. The maximum absolute atomic E-state index is 10.8. The van der Waals surface area contributed by atoms with Gasteiger partial charge in [-0.3, -0.25) is 4.79 Å². The molecule has 0 heterocycles. The highest BCUT2D eigenvalue weighted by Gasteiger charge is 2.10. The van der Waals surface area contributed by atoms with Crippen molar-refractivity contribution in [2.45, 2.75) is 32.1 Å². The summed E-state index contributed by atoms with van der Waals surface area (Å²) in [7, 11) is 0. The van der Waals surface area contributed by atoms with Crippen molar-refractivity contribution in [2.24, 2.45) is 0 Å². The molecule has 70 valence electrons. The van der Waals surface area contributed by atoms with Crippen molar-refractivity contribution in [3.63, 3.8) is 0 Å². The minimum atomic E-state index is 0.242. The second-order valence-electron chi connectivity index (χ2n) is 3.22. The van der Waals surface area contributed by atoms with Gasteiger partial charge in [0, 0.05) is 31.2 Å². The minimum Gasteiger partial charge on any atom is -0.388 e. The predicted octanol–water partition coefficient (Wildman–Crippen LogP) is 1.63. The molecule has 0 bridgehead atoms. The maximum Gasteiger partial charge on any atom is 0.157 e. The Morgan fingerprint density at radius 1 is 1.46 bits per heavy atom. The quantitative estimate of drug-likeness (QED) is 0.511. The number of ketones is 1. The van der Waals surface area contributed by atoms with Crippen LogP contribution in [0.3, 0.4) is 0 Å². The van der Waals surface area contributed by atoms with Gasteiger partial charge >= 0.3 is 0 Å². The highest BCUT2D eigenvalue weighted by atomic mass is 16.1. The van der Waals surface area contributed by atoms with Crippen molar-refractivity contribution < 1.29 is 4.79 Å². The Kier molecular flexibility index (Phi) is 4.11. The van der Waals surface area contributed by atoms with Crippen molar-refractivity contribution >= 4 is 5.78 Å². The van der Waals surface area contributed by atoms with Gasteiger partial charge in [0.15, 0.2) is 5.78 Å². The number of nitrogens with one attached hydrogen (secondary N) is 1. The van der Waals surface area contributed by atoms with Crippen LogP contribution >= 0.6 is 0 Å². The van der Waals surface area contributed by atoms with Crippen molar-refractivity contribution in [3.05, 3.63) is 11.8 Å². The van der Waals surface area contributed by atoms with Crippen molar-refractivity contribution in [1.82, 2.24) is 5.32 Å². The average molecular weight is 177 g/mol. The van der Waals surface area contributed by atoms with Crippen molar-refractivity contribution in [1.29, 1.82) is 0 Å². The Balaban J connectivity index is 2.04. The zero-order valence-electron chi connectivity index (χ0n) is 7.81. The van der Waals surface area contributed by atoms with E-state index >= 15 is 0 Å². The summed E-state index contributed by atoms with van der Waals surface area (Å²) in [4.78, 5) is 10.8. The average Bonchev–Trinajstić information content (AvgIpc) is 2.51. The maximum atomic E-state index is 10.8. The van der Waals surface area contributed by atoms with Crippen LogP contribution < -0.4 is 5.32 Å². The second kappa shape index (κ2) is 5.42. The van der Waals surface area contributed by atoms with E-state index in [9.17, 15) is 4.79 Å². The van der Waals surface area contributed by atoms with E-state index in [1.165, 1.54) is 0 Å². The van der Waals surface area contributed by atoms with Gasteiger partial charge in [0.1, 0.15) is 0 Å². The van der Waals surface area contributed by atoms with Crippen molar-refractivity contribution in [3.8, 4) is 12.3 Å². The van der Waals surface area contributed by atoms with E-state index in [0.29, 0.717) is 6.42 Å². The molecule has 1 rings (SSSR count). The molecule has 2 nitrogen and oxygen atoms in total. The van der Waals surface area contributed by atoms with E-state index in [2.05, 4.69) is 11.2 Å². The van der Waals surface area contributed by atoms with Gasteiger partial charge in [-0.15, -0.1) is 12.3 Å². The Morgan fingerprint density at radius 3 is 2.92 bits per heavy atom. The molecular weight excluding hydrogens is 162 g/mol. The van der Waals surface area contributed by atoms with E-state index in [4.69, 9.17) is 6.42 Å². The zero-order valence-corrected chi connectivity index (χ0v) is 7.81. The Labute approximate surface area is 79.4 Å². The summed E-state index contributed by atoms with van der Waals surface area (Å²) >= 11 is 0. The third-order valence-corrected chi connectivity index (χ3v) is 2.08. The summed E-state index contributed by atoms with van der Waals surface area (Å²) in [6.45, 7) is 0.931. The first kappa shape index (κ1) is 9.85. The summed E-state index contributed by atoms with van der Waals surface area (Å²) in [5.41, 5.74) is 1.09. The van der Waals surface area contributed by atoms with Gasteiger partial charge < -0.3 is 5.32 Å². The van der Waals surface area contributed by atoms with Crippen molar-refractivity contribution in [2.75, 3.05) is 6.54 Å². The van der Waals surface area contributed by atoms with Gasteiger partial charge in [0.2, 0.25) is 0 Å². The van der Waals surface area contributed by atoms with Crippen LogP contribution in [0.4, 0.5) is 0 Å². The lowest BCUT2D eigenvalue weighted by Gasteiger charge is -2.04. The molecule has 0 aliphatic heterocycles. The number of unbranched alkanes of at least 4 members (excludes halogenated alkanes) is 2. The number of hydrogen-bond acceptors (Lipinski definition) is 2. The Bertz CT molecular complexity index is 247. The zero-order chi connectivity index (χ0) is 9.52. The molecule has 0 spiro atoms. The summed E-state index contributed by atoms with van der Waals surface area (Å²) < 4.78 is 0. The first-order chi connectivity index (χ1) is 6.33. The summed E-state index contributed by atoms with van der Waals surface area (Å²) in [5, 5.41) is 3.24.